The molecule has 2 aromatic rings. The summed E-state index contributed by atoms with van der Waals surface area (Å²) in [6, 6.07) is 12.0. The molecule has 2 amide bonds. The lowest BCUT2D eigenvalue weighted by Gasteiger charge is -2.46. The molecular weight excluding hydrogens is 476 g/mol. The van der Waals surface area contributed by atoms with Crippen LogP contribution in [0.4, 0.5) is 9.59 Å². The van der Waals surface area contributed by atoms with Crippen molar-refractivity contribution in [3.63, 3.8) is 0 Å². The summed E-state index contributed by atoms with van der Waals surface area (Å²) in [5, 5.41) is 6.15. The van der Waals surface area contributed by atoms with Crippen molar-refractivity contribution in [1.29, 1.82) is 0 Å². The van der Waals surface area contributed by atoms with Crippen molar-refractivity contribution in [1.82, 2.24) is 10.6 Å². The number of rotatable bonds is 9. The number of hydrogen-bond donors (Lipinski definition) is 2. The monoisotopic (exact) mass is 522 g/mol. The molecule has 208 valence electrons. The van der Waals surface area contributed by atoms with Crippen LogP contribution in [0.3, 0.4) is 0 Å². The molecule has 1 saturated carbocycles. The van der Waals surface area contributed by atoms with Crippen LogP contribution < -0.4 is 20.1 Å². The first-order chi connectivity index (χ1) is 18.0. The zero-order valence-electron chi connectivity index (χ0n) is 24.3. The van der Waals surface area contributed by atoms with Crippen LogP contribution >= 0.6 is 0 Å². The van der Waals surface area contributed by atoms with E-state index in [0.29, 0.717) is 18.0 Å². The van der Waals surface area contributed by atoms with Crippen LogP contribution in [-0.2, 0) is 25.7 Å². The maximum atomic E-state index is 13.0. The molecule has 2 N–H and O–H groups in total. The first-order valence-electron chi connectivity index (χ1n) is 14.2. The first kappa shape index (κ1) is 29.5. The van der Waals surface area contributed by atoms with Crippen LogP contribution in [0.2, 0.25) is 0 Å². The summed E-state index contributed by atoms with van der Waals surface area (Å²) in [6.45, 7) is 15.3. The molecule has 1 aliphatic carbocycles. The number of hydrogen-bond acceptors (Lipinski definition) is 4. The second-order valence-corrected chi connectivity index (χ2v) is 11.8. The minimum atomic E-state index is -0.433. The number of ether oxygens (including phenoxy) is 2. The average Bonchev–Trinajstić information content (AvgIpc) is 2.86. The van der Waals surface area contributed by atoms with Gasteiger partial charge in [0.25, 0.3) is 0 Å². The van der Waals surface area contributed by atoms with Gasteiger partial charge in [-0.05, 0) is 78.0 Å². The van der Waals surface area contributed by atoms with E-state index < -0.39 is 12.2 Å². The maximum absolute atomic E-state index is 13.0. The zero-order valence-corrected chi connectivity index (χ0v) is 24.3. The predicted octanol–water partition coefficient (Wildman–Crippen LogP) is 7.40. The third-order valence-corrected chi connectivity index (χ3v) is 7.69. The molecular formula is C32H46N2O4. The fraction of sp³-hybridized carbons (Fsp3) is 0.562. The Balaban J connectivity index is 1.65. The van der Waals surface area contributed by atoms with E-state index in [9.17, 15) is 9.59 Å². The van der Waals surface area contributed by atoms with Gasteiger partial charge in [0.2, 0.25) is 0 Å². The predicted molar refractivity (Wildman–Crippen MR) is 153 cm³/mol. The van der Waals surface area contributed by atoms with E-state index in [0.717, 1.165) is 67.2 Å². The first-order valence-corrected chi connectivity index (χ1v) is 14.2. The molecule has 1 fully saturated rings. The van der Waals surface area contributed by atoms with Crippen LogP contribution in [0, 0.1) is 10.8 Å². The molecule has 2 unspecified atom stereocenters. The molecule has 0 bridgehead atoms. The highest BCUT2D eigenvalue weighted by atomic mass is 16.6. The molecule has 1 aliphatic rings. The molecule has 2 atom stereocenters. The molecule has 0 spiro atoms. The maximum Gasteiger partial charge on any atom is 0.412 e. The summed E-state index contributed by atoms with van der Waals surface area (Å²) >= 11 is 0. The largest absolute Gasteiger partial charge is 0.412 e. The van der Waals surface area contributed by atoms with Crippen molar-refractivity contribution in [3.05, 3.63) is 58.7 Å². The van der Waals surface area contributed by atoms with Gasteiger partial charge in [0.1, 0.15) is 11.5 Å². The molecule has 3 rings (SSSR count). The highest BCUT2D eigenvalue weighted by molar-refractivity contribution is 5.72. The summed E-state index contributed by atoms with van der Waals surface area (Å²) in [4.78, 5) is 25.9. The van der Waals surface area contributed by atoms with Gasteiger partial charge in [0.15, 0.2) is 0 Å². The van der Waals surface area contributed by atoms with Gasteiger partial charge in [-0.25, -0.2) is 9.59 Å². The van der Waals surface area contributed by atoms with Crippen LogP contribution in [0.1, 0.15) is 90.0 Å². The Morgan fingerprint density at radius 3 is 1.66 bits per heavy atom. The number of carbonyl (C=O) groups excluding carboxylic acids is 2. The molecule has 6 heteroatoms. The van der Waals surface area contributed by atoms with Crippen molar-refractivity contribution < 1.29 is 19.1 Å². The lowest BCUT2D eigenvalue weighted by atomic mass is 9.62. The second-order valence-electron chi connectivity index (χ2n) is 11.8. The van der Waals surface area contributed by atoms with Crippen molar-refractivity contribution in [2.45, 2.75) is 99.5 Å². The molecule has 2 aromatic carbocycles. The van der Waals surface area contributed by atoms with E-state index in [2.05, 4.69) is 59.1 Å². The molecule has 6 nitrogen and oxygen atoms in total. The fourth-order valence-electron chi connectivity index (χ4n) is 6.23. The summed E-state index contributed by atoms with van der Waals surface area (Å²) in [6.07, 6.45) is 4.87. The SMILES string of the molecule is CCc1cccc(CC)c1OC(=O)NCC1(C)CC(NC(=O)Oc2c(CC)cccc2CC)CC(C)(C)C1. The second kappa shape index (κ2) is 12.7. The van der Waals surface area contributed by atoms with Gasteiger partial charge < -0.3 is 20.1 Å². The van der Waals surface area contributed by atoms with Crippen molar-refractivity contribution in [2.75, 3.05) is 6.54 Å². The van der Waals surface area contributed by atoms with E-state index in [1.807, 2.05) is 36.4 Å². The number of para-hydroxylation sites is 2. The highest BCUT2D eigenvalue weighted by Gasteiger charge is 2.42. The van der Waals surface area contributed by atoms with Crippen LogP contribution in [0.5, 0.6) is 11.5 Å². The summed E-state index contributed by atoms with van der Waals surface area (Å²) in [7, 11) is 0. The summed E-state index contributed by atoms with van der Waals surface area (Å²) in [5.74, 6) is 1.35. The minimum Gasteiger partial charge on any atom is -0.410 e. The normalized spacial score (nSPS) is 20.4. The number of aryl methyl sites for hydroxylation is 4. The zero-order chi connectivity index (χ0) is 27.9. The third kappa shape index (κ3) is 7.52. The Hall–Kier alpha value is -3.02. The minimum absolute atomic E-state index is 0.00335. The smallest absolute Gasteiger partial charge is 0.410 e. The fourth-order valence-corrected chi connectivity index (χ4v) is 6.23. The average molecular weight is 523 g/mol. The van der Waals surface area contributed by atoms with Crippen molar-refractivity contribution in [3.8, 4) is 11.5 Å². The van der Waals surface area contributed by atoms with Gasteiger partial charge in [0.05, 0.1) is 0 Å². The number of carbonyl (C=O) groups is 2. The molecule has 0 aliphatic heterocycles. The molecule has 0 aromatic heterocycles. The van der Waals surface area contributed by atoms with Crippen molar-refractivity contribution in [2.24, 2.45) is 10.8 Å². The Labute approximate surface area is 228 Å². The van der Waals surface area contributed by atoms with Gasteiger partial charge in [0, 0.05) is 12.6 Å². The molecule has 0 radical (unpaired) electrons. The van der Waals surface area contributed by atoms with E-state index >= 15 is 0 Å². The topological polar surface area (TPSA) is 76.7 Å². The van der Waals surface area contributed by atoms with Crippen molar-refractivity contribution >= 4 is 12.2 Å². The van der Waals surface area contributed by atoms with E-state index in [4.69, 9.17) is 9.47 Å². The lowest BCUT2D eigenvalue weighted by molar-refractivity contribution is 0.0701. The number of amides is 2. The van der Waals surface area contributed by atoms with Gasteiger partial charge in [-0.15, -0.1) is 0 Å². The third-order valence-electron chi connectivity index (χ3n) is 7.69. The summed E-state index contributed by atoms with van der Waals surface area (Å²) < 4.78 is 11.7. The Morgan fingerprint density at radius 2 is 1.21 bits per heavy atom. The van der Waals surface area contributed by atoms with Crippen LogP contribution in [0.15, 0.2) is 36.4 Å². The van der Waals surface area contributed by atoms with Crippen LogP contribution in [-0.4, -0.2) is 24.8 Å². The number of nitrogens with one attached hydrogen (secondary N) is 2. The van der Waals surface area contributed by atoms with Crippen LogP contribution in [0.25, 0.3) is 0 Å². The van der Waals surface area contributed by atoms with E-state index in [-0.39, 0.29) is 16.9 Å². The summed E-state index contributed by atoms with van der Waals surface area (Å²) in [5.41, 5.74) is 3.92. The van der Waals surface area contributed by atoms with Gasteiger partial charge in [-0.1, -0.05) is 84.9 Å². The van der Waals surface area contributed by atoms with Gasteiger partial charge in [-0.3, -0.25) is 0 Å². The van der Waals surface area contributed by atoms with E-state index in [1.54, 1.807) is 0 Å². The Morgan fingerprint density at radius 1 is 0.763 bits per heavy atom. The van der Waals surface area contributed by atoms with Gasteiger partial charge in [-0.2, -0.15) is 0 Å². The Bertz CT molecular complexity index is 1080. The molecule has 0 saturated heterocycles. The highest BCUT2D eigenvalue weighted by Crippen LogP contribution is 2.46. The molecule has 38 heavy (non-hydrogen) atoms. The van der Waals surface area contributed by atoms with E-state index in [1.165, 1.54) is 0 Å². The molecule has 0 heterocycles. The number of benzene rings is 2. The standard InChI is InChI=1S/C32H46N2O4/c1-8-22-14-12-15-23(9-2)27(22)37-29(35)33-21-32(7)19-26(18-31(5,6)20-32)34-30(36)38-28-24(10-3)16-13-17-25(28)11-4/h12-17,26H,8-11,18-21H2,1-7H3,(H,33,35)(H,34,36). The lowest BCUT2D eigenvalue weighted by Crippen LogP contribution is -2.51. The quantitative estimate of drug-likeness (QED) is 0.360. The van der Waals surface area contributed by atoms with Gasteiger partial charge >= 0.3 is 12.2 Å². The Kier molecular flexibility index (Phi) is 9.86.